The van der Waals surface area contributed by atoms with E-state index >= 15 is 0 Å². The van der Waals surface area contributed by atoms with Crippen molar-refractivity contribution in [2.45, 2.75) is 0 Å². The van der Waals surface area contributed by atoms with Gasteiger partial charge in [-0.1, -0.05) is 12.1 Å². The first-order valence-corrected chi connectivity index (χ1v) is 2.84. The summed E-state index contributed by atoms with van der Waals surface area (Å²) in [4.78, 5) is 3.84. The van der Waals surface area contributed by atoms with Crippen LogP contribution in [0.25, 0.3) is 0 Å². The van der Waals surface area contributed by atoms with E-state index in [0.29, 0.717) is 5.59 Å². The van der Waals surface area contributed by atoms with Crippen LogP contribution in [-0.4, -0.2) is 12.8 Å². The minimum Gasteiger partial charge on any atom is -0.272 e. The second kappa shape index (κ2) is 2.28. The number of pyridine rings is 1. The van der Waals surface area contributed by atoms with E-state index in [1.54, 1.807) is 12.3 Å². The van der Waals surface area contributed by atoms with Gasteiger partial charge in [-0.3, -0.25) is 4.98 Å². The van der Waals surface area contributed by atoms with Crippen molar-refractivity contribution in [1.82, 2.24) is 4.98 Å². The molecule has 1 heterocycles. The fourth-order valence-corrected chi connectivity index (χ4v) is 0.588. The molecule has 1 nitrogen and oxygen atoms in total. The topological polar surface area (TPSA) is 12.9 Å². The summed E-state index contributed by atoms with van der Waals surface area (Å²) in [6.45, 7) is 0. The van der Waals surface area contributed by atoms with Gasteiger partial charge in [-0.15, -0.1) is 9.24 Å². The zero-order valence-corrected chi connectivity index (χ0v) is 5.49. The summed E-state index contributed by atoms with van der Waals surface area (Å²) >= 11 is 0. The molecular weight excluding hydrogens is 116 g/mol. The highest BCUT2D eigenvalue weighted by molar-refractivity contribution is 7.27. The summed E-state index contributed by atoms with van der Waals surface area (Å²) in [5.74, 6) is 0. The number of aromatic nitrogens is 1. The van der Waals surface area contributed by atoms with Gasteiger partial charge >= 0.3 is 0 Å². The fourth-order valence-electron chi connectivity index (χ4n) is 0.417. The van der Waals surface area contributed by atoms with Gasteiger partial charge in [-0.2, -0.15) is 0 Å². The van der Waals surface area contributed by atoms with Crippen molar-refractivity contribution in [1.29, 1.82) is 0 Å². The molecule has 0 aliphatic carbocycles. The van der Waals surface area contributed by atoms with Crippen LogP contribution >= 0.6 is 9.24 Å². The summed E-state index contributed by atoms with van der Waals surface area (Å²) in [5.41, 5.74) is 0.566. The zero-order valence-electron chi connectivity index (χ0n) is 4.33. The molecule has 2 radical (unpaired) electrons. The molecule has 0 fully saturated rings. The third-order valence-corrected chi connectivity index (χ3v) is 1.15. The van der Waals surface area contributed by atoms with Crippen molar-refractivity contribution in [3.8, 4) is 0 Å². The van der Waals surface area contributed by atoms with Crippen LogP contribution < -0.4 is 10.9 Å². The maximum atomic E-state index is 5.31. The maximum absolute atomic E-state index is 5.31. The monoisotopic (exact) mass is 121 g/mol. The first-order chi connectivity index (χ1) is 3.79. The highest BCUT2D eigenvalue weighted by atomic mass is 31.0. The predicted molar refractivity (Wildman–Crippen MR) is 39.0 cm³/mol. The molecule has 0 spiro atoms. The standard InChI is InChI=1S/C5H5BNP/c6-5-2-1-4(8)3-7-5/h1-3H,8H2. The number of hydrogen-bond acceptors (Lipinski definition) is 1. The van der Waals surface area contributed by atoms with Crippen LogP contribution in [0.5, 0.6) is 0 Å². The van der Waals surface area contributed by atoms with Crippen molar-refractivity contribution in [2.75, 3.05) is 0 Å². The normalized spacial score (nSPS) is 9.12. The van der Waals surface area contributed by atoms with Crippen molar-refractivity contribution in [2.24, 2.45) is 0 Å². The summed E-state index contributed by atoms with van der Waals surface area (Å²) in [6, 6.07) is 3.66. The Kier molecular flexibility index (Phi) is 1.64. The molecule has 8 heavy (non-hydrogen) atoms. The lowest BCUT2D eigenvalue weighted by atomic mass is 10.1. The highest BCUT2D eigenvalue weighted by Gasteiger charge is 1.81. The first-order valence-electron chi connectivity index (χ1n) is 2.26. The zero-order chi connectivity index (χ0) is 5.98. The Morgan fingerprint density at radius 1 is 1.50 bits per heavy atom. The smallest absolute Gasteiger partial charge is 0.141 e. The second-order valence-electron chi connectivity index (χ2n) is 1.52. The van der Waals surface area contributed by atoms with Crippen molar-refractivity contribution < 1.29 is 0 Å². The average molecular weight is 121 g/mol. The molecule has 1 atom stereocenters. The molecule has 1 aromatic heterocycles. The molecule has 1 unspecified atom stereocenters. The molecule has 0 aliphatic rings. The average Bonchev–Trinajstić information content (AvgIpc) is 1.77. The maximum Gasteiger partial charge on any atom is 0.141 e. The fraction of sp³-hybridized carbons (Fsp3) is 0. The Morgan fingerprint density at radius 3 is 2.62 bits per heavy atom. The molecule has 0 aliphatic heterocycles. The number of hydrogen-bond donors (Lipinski definition) is 0. The van der Waals surface area contributed by atoms with Gasteiger partial charge in [-0.05, 0) is 10.9 Å². The van der Waals surface area contributed by atoms with Crippen LogP contribution in [0.3, 0.4) is 0 Å². The third-order valence-electron chi connectivity index (χ3n) is 0.809. The molecule has 0 amide bonds. The molecule has 0 N–H and O–H groups in total. The van der Waals surface area contributed by atoms with Gasteiger partial charge in [-0.25, -0.2) is 0 Å². The van der Waals surface area contributed by atoms with Gasteiger partial charge in [0.05, 0.1) is 0 Å². The molecule has 3 heteroatoms. The minimum absolute atomic E-state index is 0.566. The summed E-state index contributed by atoms with van der Waals surface area (Å²) in [6.07, 6.45) is 1.71. The van der Waals surface area contributed by atoms with Gasteiger partial charge in [0.25, 0.3) is 0 Å². The lowest BCUT2D eigenvalue weighted by Crippen LogP contribution is -2.09. The van der Waals surface area contributed by atoms with E-state index < -0.39 is 0 Å². The third kappa shape index (κ3) is 1.31. The van der Waals surface area contributed by atoms with Gasteiger partial charge in [0, 0.05) is 6.20 Å². The van der Waals surface area contributed by atoms with Gasteiger partial charge in [0.15, 0.2) is 0 Å². The summed E-state index contributed by atoms with van der Waals surface area (Å²) < 4.78 is 0. The largest absolute Gasteiger partial charge is 0.272 e. The van der Waals surface area contributed by atoms with Crippen LogP contribution in [0.2, 0.25) is 0 Å². The van der Waals surface area contributed by atoms with E-state index in [2.05, 4.69) is 14.2 Å². The van der Waals surface area contributed by atoms with E-state index in [1.807, 2.05) is 6.07 Å². The molecule has 1 aromatic rings. The van der Waals surface area contributed by atoms with Gasteiger partial charge in [0.1, 0.15) is 7.85 Å². The van der Waals surface area contributed by atoms with E-state index in [-0.39, 0.29) is 0 Å². The van der Waals surface area contributed by atoms with E-state index in [0.717, 1.165) is 5.30 Å². The Bertz CT molecular complexity index is 151. The predicted octanol–water partition coefficient (Wildman–Crippen LogP) is -0.624. The SMILES string of the molecule is [B]c1ccc(P)cn1. The Balaban J connectivity index is 3.03. The first kappa shape index (κ1) is 5.78. The minimum atomic E-state index is 0.566. The van der Waals surface area contributed by atoms with Crippen LogP contribution in [0.4, 0.5) is 0 Å². The van der Waals surface area contributed by atoms with E-state index in [9.17, 15) is 0 Å². The number of nitrogens with zero attached hydrogens (tertiary/aromatic N) is 1. The summed E-state index contributed by atoms with van der Waals surface area (Å²) in [5, 5.41) is 1.05. The van der Waals surface area contributed by atoms with Crippen LogP contribution in [0.1, 0.15) is 0 Å². The van der Waals surface area contributed by atoms with Crippen molar-refractivity contribution in [3.05, 3.63) is 18.3 Å². The van der Waals surface area contributed by atoms with Crippen LogP contribution in [-0.2, 0) is 0 Å². The molecule has 1 rings (SSSR count). The van der Waals surface area contributed by atoms with E-state index in [1.165, 1.54) is 0 Å². The van der Waals surface area contributed by atoms with Crippen LogP contribution in [0, 0.1) is 0 Å². The lowest BCUT2D eigenvalue weighted by Gasteiger charge is -1.89. The summed E-state index contributed by atoms with van der Waals surface area (Å²) in [7, 11) is 7.84. The molecule has 0 saturated carbocycles. The Labute approximate surface area is 52.1 Å². The quantitative estimate of drug-likeness (QED) is 0.329. The second-order valence-corrected chi connectivity index (χ2v) is 2.18. The molecule has 0 saturated heterocycles. The van der Waals surface area contributed by atoms with Gasteiger partial charge in [0.2, 0.25) is 0 Å². The molecular formula is C5H5BNP. The van der Waals surface area contributed by atoms with Crippen molar-refractivity contribution >= 4 is 28.0 Å². The molecule has 0 aromatic carbocycles. The number of rotatable bonds is 0. The Morgan fingerprint density at radius 2 is 2.25 bits per heavy atom. The highest BCUT2D eigenvalue weighted by Crippen LogP contribution is 1.80. The van der Waals surface area contributed by atoms with Gasteiger partial charge < -0.3 is 0 Å². The Hall–Kier alpha value is -0.355. The molecule has 0 bridgehead atoms. The molecule has 38 valence electrons. The lowest BCUT2D eigenvalue weighted by molar-refractivity contribution is 1.42. The van der Waals surface area contributed by atoms with E-state index in [4.69, 9.17) is 7.85 Å². The van der Waals surface area contributed by atoms with Crippen LogP contribution in [0.15, 0.2) is 18.3 Å². The van der Waals surface area contributed by atoms with Crippen molar-refractivity contribution in [3.63, 3.8) is 0 Å².